The Labute approximate surface area is 139 Å². The van der Waals surface area contributed by atoms with E-state index in [0.717, 1.165) is 0 Å². The van der Waals surface area contributed by atoms with Gasteiger partial charge in [0.25, 0.3) is 0 Å². The molecule has 2 N–H and O–H groups in total. The van der Waals surface area contributed by atoms with Crippen LogP contribution in [0, 0.1) is 0 Å². The summed E-state index contributed by atoms with van der Waals surface area (Å²) < 4.78 is 9.93. The zero-order valence-corrected chi connectivity index (χ0v) is 12.9. The Morgan fingerprint density at radius 2 is 2.13 bits per heavy atom. The lowest BCUT2D eigenvalue weighted by atomic mass is 10.2. The predicted molar refractivity (Wildman–Crippen MR) is 82.8 cm³/mol. The first-order valence-corrected chi connectivity index (χ1v) is 7.10. The van der Waals surface area contributed by atoms with E-state index in [4.69, 9.17) is 27.9 Å². The van der Waals surface area contributed by atoms with Crippen molar-refractivity contribution in [1.82, 2.24) is 15.1 Å². The Bertz CT molecular complexity index is 890. The van der Waals surface area contributed by atoms with Crippen LogP contribution in [0.1, 0.15) is 5.56 Å². The number of nitrogens with zero attached hydrogens (tertiary/aromatic N) is 2. The lowest BCUT2D eigenvalue weighted by molar-refractivity contribution is 0.298. The summed E-state index contributed by atoms with van der Waals surface area (Å²) in [5.74, 6) is -0.0628. The summed E-state index contributed by atoms with van der Waals surface area (Å²) in [4.78, 5) is 17.4. The summed E-state index contributed by atoms with van der Waals surface area (Å²) in [5.41, 5.74) is 0.879. The Morgan fingerprint density at radius 1 is 1.30 bits per heavy atom. The summed E-state index contributed by atoms with van der Waals surface area (Å²) >= 11 is 11.7. The van der Waals surface area contributed by atoms with Gasteiger partial charge < -0.3 is 9.84 Å². The molecule has 7 nitrogen and oxygen atoms in total. The van der Waals surface area contributed by atoms with Gasteiger partial charge in [-0.3, -0.25) is 9.51 Å². The molecule has 0 saturated heterocycles. The average molecular weight is 354 g/mol. The standard InChI is InChI=1S/C14H9Cl2N3O4/c15-8-3-7(12(20)10(16)4-8)6-22-9-1-2-11(17-5-9)13-18-14(21)23-19-13/h1-5,20H,6H2,(H,18,19,21). The van der Waals surface area contributed by atoms with Crippen LogP contribution in [0.25, 0.3) is 11.5 Å². The fourth-order valence-corrected chi connectivity index (χ4v) is 2.37. The van der Waals surface area contributed by atoms with Crippen molar-refractivity contribution in [2.24, 2.45) is 0 Å². The number of hydrogen-bond donors (Lipinski definition) is 2. The van der Waals surface area contributed by atoms with Gasteiger partial charge in [0.15, 0.2) is 0 Å². The number of rotatable bonds is 4. The number of aromatic hydroxyl groups is 1. The van der Waals surface area contributed by atoms with Gasteiger partial charge in [0.05, 0.1) is 11.2 Å². The molecule has 0 atom stereocenters. The van der Waals surface area contributed by atoms with Crippen LogP contribution in [-0.4, -0.2) is 20.2 Å². The highest BCUT2D eigenvalue weighted by molar-refractivity contribution is 6.35. The molecule has 3 rings (SSSR count). The molecule has 2 aromatic heterocycles. The van der Waals surface area contributed by atoms with E-state index in [0.29, 0.717) is 22.0 Å². The van der Waals surface area contributed by atoms with Crippen molar-refractivity contribution in [2.45, 2.75) is 6.61 Å². The van der Waals surface area contributed by atoms with Crippen LogP contribution in [-0.2, 0) is 6.61 Å². The van der Waals surface area contributed by atoms with E-state index >= 15 is 0 Å². The van der Waals surface area contributed by atoms with E-state index in [9.17, 15) is 9.90 Å². The van der Waals surface area contributed by atoms with Crippen LogP contribution in [0.4, 0.5) is 0 Å². The molecular formula is C14H9Cl2N3O4. The smallest absolute Gasteiger partial charge is 0.439 e. The van der Waals surface area contributed by atoms with Crippen molar-refractivity contribution >= 4 is 23.2 Å². The quantitative estimate of drug-likeness (QED) is 0.747. The fraction of sp³-hybridized carbons (Fsp3) is 0.0714. The largest absolute Gasteiger partial charge is 0.506 e. The van der Waals surface area contributed by atoms with Crippen LogP contribution in [0.5, 0.6) is 11.5 Å². The number of halogens is 2. The molecule has 0 aliphatic carbocycles. The van der Waals surface area contributed by atoms with Crippen molar-refractivity contribution < 1.29 is 14.4 Å². The number of ether oxygens (including phenoxy) is 1. The Morgan fingerprint density at radius 3 is 2.78 bits per heavy atom. The van der Waals surface area contributed by atoms with Gasteiger partial charge in [-0.25, -0.2) is 9.78 Å². The number of aromatic nitrogens is 3. The Kier molecular flexibility index (Phi) is 4.22. The second-order valence-corrected chi connectivity index (χ2v) is 5.35. The van der Waals surface area contributed by atoms with Crippen molar-refractivity contribution in [3.8, 4) is 23.0 Å². The molecule has 9 heteroatoms. The summed E-state index contributed by atoms with van der Waals surface area (Å²) in [5, 5.41) is 13.9. The highest BCUT2D eigenvalue weighted by Gasteiger charge is 2.10. The molecule has 0 aliphatic heterocycles. The maximum Gasteiger partial charge on any atom is 0.439 e. The van der Waals surface area contributed by atoms with Crippen LogP contribution in [0.2, 0.25) is 10.0 Å². The fourth-order valence-electron chi connectivity index (χ4n) is 1.84. The van der Waals surface area contributed by atoms with Crippen molar-refractivity contribution in [1.29, 1.82) is 0 Å². The lowest BCUT2D eigenvalue weighted by Crippen LogP contribution is -1.98. The summed E-state index contributed by atoms with van der Waals surface area (Å²) in [6.07, 6.45) is 1.45. The molecule has 0 aliphatic rings. The van der Waals surface area contributed by atoms with Gasteiger partial charge in [0.2, 0.25) is 5.82 Å². The minimum Gasteiger partial charge on any atom is -0.506 e. The van der Waals surface area contributed by atoms with Crippen molar-refractivity contribution in [2.75, 3.05) is 0 Å². The number of benzene rings is 1. The average Bonchev–Trinajstić information content (AvgIpc) is 2.96. The molecule has 0 bridgehead atoms. The number of H-pyrrole nitrogens is 1. The van der Waals surface area contributed by atoms with Crippen molar-refractivity contribution in [3.05, 3.63) is 56.6 Å². The van der Waals surface area contributed by atoms with E-state index < -0.39 is 5.76 Å². The number of nitrogens with one attached hydrogen (secondary N) is 1. The minimum absolute atomic E-state index is 0.0634. The number of phenolic OH excluding ortho intramolecular Hbond substituents is 1. The second-order valence-electron chi connectivity index (χ2n) is 4.51. The molecule has 23 heavy (non-hydrogen) atoms. The zero-order valence-electron chi connectivity index (χ0n) is 11.4. The van der Waals surface area contributed by atoms with Gasteiger partial charge in [-0.2, -0.15) is 0 Å². The number of hydrogen-bond acceptors (Lipinski definition) is 6. The summed E-state index contributed by atoms with van der Waals surface area (Å²) in [6, 6.07) is 6.24. The van der Waals surface area contributed by atoms with E-state index in [1.807, 2.05) is 0 Å². The van der Waals surface area contributed by atoms with Gasteiger partial charge >= 0.3 is 5.76 Å². The minimum atomic E-state index is -0.657. The highest BCUT2D eigenvalue weighted by atomic mass is 35.5. The van der Waals surface area contributed by atoms with E-state index in [-0.39, 0.29) is 23.2 Å². The highest BCUT2D eigenvalue weighted by Crippen LogP contribution is 2.31. The third-order valence-electron chi connectivity index (χ3n) is 2.92. The number of aromatic amines is 1. The van der Waals surface area contributed by atoms with E-state index in [1.54, 1.807) is 18.2 Å². The second kappa shape index (κ2) is 6.31. The topological polar surface area (TPSA) is 101 Å². The van der Waals surface area contributed by atoms with Gasteiger partial charge in [-0.05, 0) is 24.3 Å². The first-order valence-electron chi connectivity index (χ1n) is 6.35. The number of phenols is 1. The third kappa shape index (κ3) is 3.46. The van der Waals surface area contributed by atoms with Crippen LogP contribution in [0.3, 0.4) is 0 Å². The maximum atomic E-state index is 10.9. The molecule has 3 aromatic rings. The molecule has 0 amide bonds. The third-order valence-corrected chi connectivity index (χ3v) is 3.43. The molecular weight excluding hydrogens is 345 g/mol. The van der Waals surface area contributed by atoms with Gasteiger partial charge in [0, 0.05) is 10.6 Å². The summed E-state index contributed by atoms with van der Waals surface area (Å²) in [6.45, 7) is 0.0634. The normalized spacial score (nSPS) is 10.7. The summed E-state index contributed by atoms with van der Waals surface area (Å²) in [7, 11) is 0. The molecule has 118 valence electrons. The first-order chi connectivity index (χ1) is 11.0. The maximum absolute atomic E-state index is 10.9. The van der Waals surface area contributed by atoms with E-state index in [1.165, 1.54) is 12.3 Å². The van der Waals surface area contributed by atoms with Crippen LogP contribution in [0.15, 0.2) is 39.8 Å². The zero-order chi connectivity index (χ0) is 16.4. The monoisotopic (exact) mass is 353 g/mol. The molecule has 1 aromatic carbocycles. The molecule has 0 spiro atoms. The first kappa shape index (κ1) is 15.4. The molecule has 2 heterocycles. The van der Waals surface area contributed by atoms with Crippen LogP contribution >= 0.6 is 23.2 Å². The molecule has 0 fully saturated rings. The van der Waals surface area contributed by atoms with Crippen LogP contribution < -0.4 is 10.5 Å². The van der Waals surface area contributed by atoms with Crippen molar-refractivity contribution in [3.63, 3.8) is 0 Å². The SMILES string of the molecule is O=c1[nH]c(-c2ccc(OCc3cc(Cl)cc(Cl)c3O)cn2)no1. The lowest BCUT2D eigenvalue weighted by Gasteiger charge is -2.09. The van der Waals surface area contributed by atoms with E-state index in [2.05, 4.69) is 19.6 Å². The molecule has 0 saturated carbocycles. The molecule has 0 unspecified atom stereocenters. The number of pyridine rings is 1. The predicted octanol–water partition coefficient (Wildman–Crippen LogP) is 3.02. The van der Waals surface area contributed by atoms with Gasteiger partial charge in [-0.15, -0.1) is 0 Å². The van der Waals surface area contributed by atoms with Gasteiger partial charge in [-0.1, -0.05) is 28.4 Å². The Balaban J connectivity index is 1.73. The van der Waals surface area contributed by atoms with Gasteiger partial charge in [0.1, 0.15) is 23.8 Å². The molecule has 0 radical (unpaired) electrons. The Hall–Kier alpha value is -2.51.